The van der Waals surface area contributed by atoms with Crippen LogP contribution < -0.4 is 5.32 Å². The highest BCUT2D eigenvalue weighted by atomic mass is 35.7. The number of amides is 1. The molecule has 1 amide bonds. The molecule has 0 spiro atoms. The Hall–Kier alpha value is -1.11. The minimum absolute atomic E-state index is 0.0821. The Morgan fingerprint density at radius 2 is 1.95 bits per heavy atom. The quantitative estimate of drug-likeness (QED) is 0.584. The van der Waals surface area contributed by atoms with Crippen molar-refractivity contribution in [2.45, 2.75) is 24.7 Å². The van der Waals surface area contributed by atoms with E-state index in [1.807, 2.05) is 6.92 Å². The number of ether oxygens (including phenoxy) is 1. The van der Waals surface area contributed by atoms with Crippen molar-refractivity contribution >= 4 is 25.6 Å². The highest BCUT2D eigenvalue weighted by molar-refractivity contribution is 8.13. The maximum atomic E-state index is 11.3. The summed E-state index contributed by atoms with van der Waals surface area (Å²) >= 11 is 0. The minimum Gasteiger partial charge on any atom is -0.372 e. The second kappa shape index (κ2) is 8.24. The molecular formula is C13H18ClNO4S. The molecule has 0 unspecified atom stereocenters. The van der Waals surface area contributed by atoms with E-state index >= 15 is 0 Å². The summed E-state index contributed by atoms with van der Waals surface area (Å²) in [6.07, 6.45) is 1.52. The fourth-order valence-electron chi connectivity index (χ4n) is 1.58. The molecular weight excluding hydrogens is 302 g/mol. The number of nitrogens with one attached hydrogen (secondary N) is 1. The van der Waals surface area contributed by atoms with Gasteiger partial charge in [-0.2, -0.15) is 0 Å². The van der Waals surface area contributed by atoms with Gasteiger partial charge in [-0.25, -0.2) is 8.42 Å². The van der Waals surface area contributed by atoms with E-state index in [2.05, 4.69) is 5.32 Å². The van der Waals surface area contributed by atoms with Crippen molar-refractivity contribution in [3.05, 3.63) is 29.8 Å². The molecule has 0 radical (unpaired) electrons. The van der Waals surface area contributed by atoms with Gasteiger partial charge in [0.2, 0.25) is 5.91 Å². The number of benzene rings is 1. The van der Waals surface area contributed by atoms with Crippen molar-refractivity contribution in [2.24, 2.45) is 0 Å². The van der Waals surface area contributed by atoms with Crippen LogP contribution in [0.4, 0.5) is 0 Å². The SMILES string of the molecule is CCOCC(=O)NCCCc1ccc(S(=O)(=O)Cl)cc1. The lowest BCUT2D eigenvalue weighted by molar-refractivity contribution is -0.125. The maximum absolute atomic E-state index is 11.3. The van der Waals surface area contributed by atoms with Gasteiger partial charge in [0.25, 0.3) is 9.05 Å². The number of hydrogen-bond acceptors (Lipinski definition) is 4. The molecule has 1 N–H and O–H groups in total. The minimum atomic E-state index is -3.66. The lowest BCUT2D eigenvalue weighted by Gasteiger charge is -2.05. The van der Waals surface area contributed by atoms with Gasteiger partial charge in [0.1, 0.15) is 6.61 Å². The second-order valence-electron chi connectivity index (χ2n) is 4.17. The lowest BCUT2D eigenvalue weighted by Crippen LogP contribution is -2.28. The van der Waals surface area contributed by atoms with E-state index in [0.717, 1.165) is 18.4 Å². The Kier molecular flexibility index (Phi) is 6.98. The van der Waals surface area contributed by atoms with Crippen LogP contribution in [0, 0.1) is 0 Å². The summed E-state index contributed by atoms with van der Waals surface area (Å²) in [5.74, 6) is -0.129. The summed E-state index contributed by atoms with van der Waals surface area (Å²) in [5.41, 5.74) is 0.994. The summed E-state index contributed by atoms with van der Waals surface area (Å²) in [5, 5.41) is 2.74. The van der Waals surface area contributed by atoms with Crippen LogP contribution in [0.25, 0.3) is 0 Å². The van der Waals surface area contributed by atoms with Crippen LogP contribution in [-0.4, -0.2) is 34.1 Å². The molecule has 0 heterocycles. The zero-order valence-electron chi connectivity index (χ0n) is 11.3. The normalized spacial score (nSPS) is 11.3. The summed E-state index contributed by atoms with van der Waals surface area (Å²) in [4.78, 5) is 11.3. The molecule has 7 heteroatoms. The van der Waals surface area contributed by atoms with Crippen molar-refractivity contribution in [1.29, 1.82) is 0 Å². The molecule has 5 nitrogen and oxygen atoms in total. The van der Waals surface area contributed by atoms with Gasteiger partial charge in [0.05, 0.1) is 4.90 Å². The van der Waals surface area contributed by atoms with Crippen molar-refractivity contribution in [2.75, 3.05) is 19.8 Å². The van der Waals surface area contributed by atoms with Crippen molar-refractivity contribution < 1.29 is 17.9 Å². The van der Waals surface area contributed by atoms with Gasteiger partial charge in [0, 0.05) is 23.8 Å². The van der Waals surface area contributed by atoms with Gasteiger partial charge in [-0.15, -0.1) is 0 Å². The Morgan fingerprint density at radius 1 is 1.30 bits per heavy atom. The van der Waals surface area contributed by atoms with E-state index in [1.165, 1.54) is 12.1 Å². The predicted octanol–water partition coefficient (Wildman–Crippen LogP) is 1.70. The monoisotopic (exact) mass is 319 g/mol. The topological polar surface area (TPSA) is 72.5 Å². The first-order valence-corrected chi connectivity index (χ1v) is 8.62. The molecule has 1 aromatic carbocycles. The molecule has 0 aliphatic heterocycles. The first-order valence-electron chi connectivity index (χ1n) is 6.31. The number of halogens is 1. The molecule has 0 aliphatic carbocycles. The zero-order valence-corrected chi connectivity index (χ0v) is 12.8. The molecule has 1 aromatic rings. The van der Waals surface area contributed by atoms with Crippen LogP contribution in [0.2, 0.25) is 0 Å². The lowest BCUT2D eigenvalue weighted by atomic mass is 10.1. The fraction of sp³-hybridized carbons (Fsp3) is 0.462. The summed E-state index contributed by atoms with van der Waals surface area (Å²) < 4.78 is 27.1. The molecule has 0 atom stereocenters. The number of carbonyl (C=O) groups is 1. The van der Waals surface area contributed by atoms with Gasteiger partial charge in [-0.1, -0.05) is 12.1 Å². The van der Waals surface area contributed by atoms with E-state index in [0.29, 0.717) is 13.2 Å². The average Bonchev–Trinajstić information content (AvgIpc) is 2.41. The van der Waals surface area contributed by atoms with E-state index in [-0.39, 0.29) is 17.4 Å². The first-order chi connectivity index (χ1) is 9.43. The van der Waals surface area contributed by atoms with E-state index in [4.69, 9.17) is 15.4 Å². The molecule has 0 saturated heterocycles. The maximum Gasteiger partial charge on any atom is 0.261 e. The molecule has 0 fully saturated rings. The molecule has 0 aliphatic rings. The smallest absolute Gasteiger partial charge is 0.261 e. The first kappa shape index (κ1) is 16.9. The van der Waals surface area contributed by atoms with Crippen LogP contribution in [0.1, 0.15) is 18.9 Å². The molecule has 20 heavy (non-hydrogen) atoms. The number of carbonyl (C=O) groups excluding carboxylic acids is 1. The zero-order chi connectivity index (χ0) is 15.0. The predicted molar refractivity (Wildman–Crippen MR) is 77.3 cm³/mol. The van der Waals surface area contributed by atoms with E-state index < -0.39 is 9.05 Å². The second-order valence-corrected chi connectivity index (χ2v) is 6.74. The largest absolute Gasteiger partial charge is 0.372 e. The molecule has 0 bridgehead atoms. The number of aryl methyl sites for hydroxylation is 1. The third-order valence-electron chi connectivity index (χ3n) is 2.61. The van der Waals surface area contributed by atoms with Crippen molar-refractivity contribution in [3.8, 4) is 0 Å². The highest BCUT2D eigenvalue weighted by Gasteiger charge is 2.08. The molecule has 112 valence electrons. The van der Waals surface area contributed by atoms with Gasteiger partial charge >= 0.3 is 0 Å². The van der Waals surface area contributed by atoms with Crippen molar-refractivity contribution in [3.63, 3.8) is 0 Å². The fourth-order valence-corrected chi connectivity index (χ4v) is 2.35. The van der Waals surface area contributed by atoms with E-state index in [9.17, 15) is 13.2 Å². The molecule has 0 saturated carbocycles. The van der Waals surface area contributed by atoms with Crippen molar-refractivity contribution in [1.82, 2.24) is 5.32 Å². The summed E-state index contributed by atoms with van der Waals surface area (Å²) in [6, 6.07) is 6.39. The van der Waals surface area contributed by atoms with Crippen LogP contribution in [-0.2, 0) is 25.0 Å². The number of hydrogen-bond donors (Lipinski definition) is 1. The Balaban J connectivity index is 2.31. The van der Waals surface area contributed by atoms with Gasteiger partial charge in [-0.3, -0.25) is 4.79 Å². The third kappa shape index (κ3) is 6.36. The standard InChI is InChI=1S/C13H18ClNO4S/c1-2-19-10-13(16)15-9-3-4-11-5-7-12(8-6-11)20(14,17)18/h5-8H,2-4,9-10H2,1H3,(H,15,16). The van der Waals surface area contributed by atoms with Crippen LogP contribution >= 0.6 is 10.7 Å². The molecule has 0 aromatic heterocycles. The summed E-state index contributed by atoms with van der Waals surface area (Å²) in [6.45, 7) is 2.99. The average molecular weight is 320 g/mol. The Bertz CT molecular complexity index is 528. The van der Waals surface area contributed by atoms with Gasteiger partial charge in [0.15, 0.2) is 0 Å². The van der Waals surface area contributed by atoms with Gasteiger partial charge in [-0.05, 0) is 37.5 Å². The van der Waals surface area contributed by atoms with Crippen LogP contribution in [0.5, 0.6) is 0 Å². The number of rotatable bonds is 8. The van der Waals surface area contributed by atoms with Gasteiger partial charge < -0.3 is 10.1 Å². The Labute approximate surface area is 123 Å². The van der Waals surface area contributed by atoms with Crippen LogP contribution in [0.3, 0.4) is 0 Å². The molecule has 1 rings (SSSR count). The summed E-state index contributed by atoms with van der Waals surface area (Å²) in [7, 11) is 1.56. The Morgan fingerprint density at radius 3 is 2.50 bits per heavy atom. The highest BCUT2D eigenvalue weighted by Crippen LogP contribution is 2.15. The third-order valence-corrected chi connectivity index (χ3v) is 3.98. The van der Waals surface area contributed by atoms with E-state index in [1.54, 1.807) is 12.1 Å². The van der Waals surface area contributed by atoms with Crippen LogP contribution in [0.15, 0.2) is 29.2 Å².